The number of thiophene rings is 1. The molecule has 2 aromatic rings. The van der Waals surface area contributed by atoms with Gasteiger partial charge in [0.1, 0.15) is 16.8 Å². The van der Waals surface area contributed by atoms with Gasteiger partial charge in [0.2, 0.25) is 0 Å². The van der Waals surface area contributed by atoms with Crippen LogP contribution in [0.5, 0.6) is 5.75 Å². The summed E-state index contributed by atoms with van der Waals surface area (Å²) >= 11 is 7.37. The van der Waals surface area contributed by atoms with Crippen molar-refractivity contribution in [3.8, 4) is 11.8 Å². The predicted octanol–water partition coefficient (Wildman–Crippen LogP) is 3.96. The van der Waals surface area contributed by atoms with Gasteiger partial charge in [-0.2, -0.15) is 5.26 Å². The molecule has 0 unspecified atom stereocenters. The Kier molecular flexibility index (Phi) is 6.55. The van der Waals surface area contributed by atoms with Crippen molar-refractivity contribution in [1.29, 1.82) is 5.26 Å². The van der Waals surface area contributed by atoms with Crippen LogP contribution in [0, 0.1) is 17.2 Å². The lowest BCUT2D eigenvalue weighted by Crippen LogP contribution is -2.23. The van der Waals surface area contributed by atoms with E-state index in [-0.39, 0.29) is 6.61 Å². The highest BCUT2D eigenvalue weighted by molar-refractivity contribution is 7.16. The van der Waals surface area contributed by atoms with Crippen molar-refractivity contribution in [2.45, 2.75) is 26.2 Å². The van der Waals surface area contributed by atoms with E-state index in [9.17, 15) is 14.9 Å². The van der Waals surface area contributed by atoms with Crippen molar-refractivity contribution in [1.82, 2.24) is 0 Å². The van der Waals surface area contributed by atoms with Crippen LogP contribution in [0.3, 0.4) is 0 Å². The smallest absolute Gasteiger partial charge is 0.344 e. The normalized spacial score (nSPS) is 15.2. The van der Waals surface area contributed by atoms with Crippen LogP contribution in [0.1, 0.15) is 29.3 Å². The Labute approximate surface area is 172 Å². The Morgan fingerprint density at radius 2 is 2.14 bits per heavy atom. The second-order valence-electron chi connectivity index (χ2n) is 6.60. The van der Waals surface area contributed by atoms with Crippen LogP contribution in [-0.2, 0) is 27.2 Å². The average Bonchev–Trinajstić information content (AvgIpc) is 3.01. The molecule has 0 fully saturated rings. The lowest BCUT2D eigenvalue weighted by atomic mass is 9.89. The first-order valence-electron chi connectivity index (χ1n) is 8.85. The maximum absolute atomic E-state index is 12.1. The summed E-state index contributed by atoms with van der Waals surface area (Å²) in [5.74, 6) is -0.243. The number of rotatable bonds is 6. The van der Waals surface area contributed by atoms with Crippen LogP contribution >= 0.6 is 22.9 Å². The molecular formula is C20H19ClN2O4S. The first-order valence-corrected chi connectivity index (χ1v) is 10.0. The number of benzene rings is 1. The Morgan fingerprint density at radius 3 is 2.89 bits per heavy atom. The van der Waals surface area contributed by atoms with Crippen molar-refractivity contribution in [2.75, 3.05) is 18.5 Å². The molecule has 1 N–H and O–H groups in total. The summed E-state index contributed by atoms with van der Waals surface area (Å²) in [6.07, 6.45) is 2.80. The molecule has 3 rings (SSSR count). The molecule has 0 bridgehead atoms. The van der Waals surface area contributed by atoms with Crippen LogP contribution in [0.2, 0.25) is 5.02 Å². The minimum absolute atomic E-state index is 0.356. The fourth-order valence-electron chi connectivity index (χ4n) is 3.01. The Bertz CT molecular complexity index is 935. The van der Waals surface area contributed by atoms with Gasteiger partial charge in [-0.1, -0.05) is 30.7 Å². The van der Waals surface area contributed by atoms with Gasteiger partial charge < -0.3 is 14.8 Å². The Hall–Kier alpha value is -2.56. The zero-order chi connectivity index (χ0) is 20.1. The van der Waals surface area contributed by atoms with E-state index in [0.29, 0.717) is 27.3 Å². The summed E-state index contributed by atoms with van der Waals surface area (Å²) in [6.45, 7) is 1.37. The third-order valence-electron chi connectivity index (χ3n) is 4.42. The molecule has 0 spiro atoms. The highest BCUT2D eigenvalue weighted by Gasteiger charge is 2.24. The third kappa shape index (κ3) is 4.83. The second-order valence-corrected chi connectivity index (χ2v) is 8.11. The van der Waals surface area contributed by atoms with E-state index >= 15 is 0 Å². The standard InChI is InChI=1S/C20H19ClN2O4S/c1-12-6-7-13-14(9-22)20(28-17(13)8-12)23-18(24)10-27-19(25)11-26-16-5-3-2-4-15(16)21/h2-5,12H,6-8,10-11H2,1H3,(H,23,24)/t12-/m1/s1. The van der Waals surface area contributed by atoms with Gasteiger partial charge in [0, 0.05) is 4.88 Å². The number of nitriles is 1. The quantitative estimate of drug-likeness (QED) is 0.717. The van der Waals surface area contributed by atoms with Gasteiger partial charge in [-0.3, -0.25) is 4.79 Å². The molecule has 28 heavy (non-hydrogen) atoms. The summed E-state index contributed by atoms with van der Waals surface area (Å²) in [4.78, 5) is 25.1. The summed E-state index contributed by atoms with van der Waals surface area (Å²) in [5.41, 5.74) is 1.56. The first-order chi connectivity index (χ1) is 13.5. The van der Waals surface area contributed by atoms with Crippen LogP contribution in [0.15, 0.2) is 24.3 Å². The van der Waals surface area contributed by atoms with E-state index in [2.05, 4.69) is 18.3 Å². The zero-order valence-electron chi connectivity index (χ0n) is 15.3. The maximum atomic E-state index is 12.1. The molecule has 1 aliphatic carbocycles. The number of anilines is 1. The maximum Gasteiger partial charge on any atom is 0.344 e. The number of ether oxygens (including phenoxy) is 2. The topological polar surface area (TPSA) is 88.4 Å². The Balaban J connectivity index is 1.51. The second kappa shape index (κ2) is 9.09. The number of hydrogen-bond donors (Lipinski definition) is 1. The molecule has 1 aromatic carbocycles. The summed E-state index contributed by atoms with van der Waals surface area (Å²) in [6, 6.07) is 8.94. The van der Waals surface area contributed by atoms with Gasteiger partial charge in [-0.25, -0.2) is 4.79 Å². The number of para-hydroxylation sites is 1. The molecule has 1 amide bonds. The number of hydrogen-bond acceptors (Lipinski definition) is 6. The molecule has 8 heteroatoms. The van der Waals surface area contributed by atoms with Crippen molar-refractivity contribution in [3.05, 3.63) is 45.3 Å². The van der Waals surface area contributed by atoms with E-state index in [4.69, 9.17) is 21.1 Å². The monoisotopic (exact) mass is 418 g/mol. The lowest BCUT2D eigenvalue weighted by Gasteiger charge is -2.17. The van der Waals surface area contributed by atoms with Gasteiger partial charge >= 0.3 is 5.97 Å². The van der Waals surface area contributed by atoms with E-state index in [1.165, 1.54) is 11.3 Å². The van der Waals surface area contributed by atoms with Gasteiger partial charge in [0.05, 0.1) is 10.6 Å². The summed E-state index contributed by atoms with van der Waals surface area (Å²) in [5, 5.41) is 13.0. The van der Waals surface area contributed by atoms with Gasteiger partial charge in [-0.15, -0.1) is 11.3 Å². The number of nitrogens with one attached hydrogen (secondary N) is 1. The van der Waals surface area contributed by atoms with Crippen LogP contribution in [0.25, 0.3) is 0 Å². The van der Waals surface area contributed by atoms with Crippen molar-refractivity contribution < 1.29 is 19.1 Å². The SMILES string of the molecule is C[C@@H]1CCc2c(sc(NC(=O)COC(=O)COc3ccccc3Cl)c2C#N)C1. The fourth-order valence-corrected chi connectivity index (χ4v) is 4.57. The van der Waals surface area contributed by atoms with Gasteiger partial charge in [-0.05, 0) is 42.9 Å². The number of carbonyl (C=O) groups is 2. The molecule has 0 radical (unpaired) electrons. The van der Waals surface area contributed by atoms with Gasteiger partial charge in [0.25, 0.3) is 5.91 Å². The summed E-state index contributed by atoms with van der Waals surface area (Å²) in [7, 11) is 0. The van der Waals surface area contributed by atoms with Gasteiger partial charge in [0.15, 0.2) is 13.2 Å². The third-order valence-corrected chi connectivity index (χ3v) is 5.90. The zero-order valence-corrected chi connectivity index (χ0v) is 16.9. The molecule has 1 aliphatic rings. The number of nitrogens with zero attached hydrogens (tertiary/aromatic N) is 1. The van der Waals surface area contributed by atoms with Crippen LogP contribution < -0.4 is 10.1 Å². The van der Waals surface area contributed by atoms with E-state index in [1.807, 2.05) is 0 Å². The molecule has 0 saturated heterocycles. The summed E-state index contributed by atoms with van der Waals surface area (Å²) < 4.78 is 10.2. The van der Waals surface area contributed by atoms with Crippen molar-refractivity contribution in [2.24, 2.45) is 5.92 Å². The first kappa shape index (κ1) is 20.2. The lowest BCUT2D eigenvalue weighted by molar-refractivity contribution is -0.149. The highest BCUT2D eigenvalue weighted by Crippen LogP contribution is 2.39. The van der Waals surface area contributed by atoms with Crippen molar-refractivity contribution >= 4 is 39.8 Å². The van der Waals surface area contributed by atoms with E-state index < -0.39 is 18.5 Å². The molecule has 0 saturated carbocycles. The minimum Gasteiger partial charge on any atom is -0.480 e. The average molecular weight is 419 g/mol. The minimum atomic E-state index is -0.685. The number of esters is 1. The fraction of sp³-hybridized carbons (Fsp3) is 0.350. The Morgan fingerprint density at radius 1 is 1.36 bits per heavy atom. The van der Waals surface area contributed by atoms with Crippen molar-refractivity contribution in [3.63, 3.8) is 0 Å². The number of carbonyl (C=O) groups excluding carboxylic acids is 2. The predicted molar refractivity (Wildman–Crippen MR) is 107 cm³/mol. The molecule has 6 nitrogen and oxygen atoms in total. The van der Waals surface area contributed by atoms with E-state index in [1.54, 1.807) is 24.3 Å². The molecule has 1 aromatic heterocycles. The molecule has 1 atom stereocenters. The highest BCUT2D eigenvalue weighted by atomic mass is 35.5. The molecule has 0 aliphatic heterocycles. The van der Waals surface area contributed by atoms with Crippen LogP contribution in [-0.4, -0.2) is 25.1 Å². The number of amides is 1. The number of halogens is 1. The largest absolute Gasteiger partial charge is 0.480 e. The molecule has 1 heterocycles. The van der Waals surface area contributed by atoms with E-state index in [0.717, 1.165) is 29.7 Å². The van der Waals surface area contributed by atoms with Crippen LogP contribution in [0.4, 0.5) is 5.00 Å². The molecular weight excluding hydrogens is 400 g/mol. The molecule has 146 valence electrons. The number of fused-ring (bicyclic) bond motifs is 1.